The number of methoxy groups -OCH3 is 1. The van der Waals surface area contributed by atoms with E-state index in [4.69, 9.17) is 5.11 Å². The quantitative estimate of drug-likeness (QED) is 0.576. The third kappa shape index (κ3) is 9.74. The molecule has 0 aliphatic carbocycles. The Bertz CT molecular complexity index is 429. The molecule has 0 aromatic carbocycles. The number of ether oxygens (including phenoxy) is 1. The van der Waals surface area contributed by atoms with Crippen LogP contribution in [-0.4, -0.2) is 44.9 Å². The molecule has 0 heterocycles. The Labute approximate surface area is 119 Å². The zero-order chi connectivity index (χ0) is 15.8. The molecule has 118 valence electrons. The second-order valence-electron chi connectivity index (χ2n) is 5.35. The minimum absolute atomic E-state index is 0.0576. The number of hydrogen-bond acceptors (Lipinski definition) is 5. The molecular weight excluding hydrogens is 286 g/mol. The van der Waals surface area contributed by atoms with Crippen LogP contribution in [0, 0.1) is 5.41 Å². The summed E-state index contributed by atoms with van der Waals surface area (Å²) in [6.07, 6.45) is 0.875. The van der Waals surface area contributed by atoms with Crippen molar-refractivity contribution in [3.05, 3.63) is 0 Å². The van der Waals surface area contributed by atoms with Gasteiger partial charge in [0.2, 0.25) is 10.0 Å². The number of aliphatic carboxylic acids is 1. The SMILES string of the molecule is COC(=O)CCS(=O)(=O)NCCC(C)(C)CCC(=O)O. The number of carbonyl (C=O) groups excluding carboxylic acids is 1. The molecule has 0 spiro atoms. The van der Waals surface area contributed by atoms with E-state index in [2.05, 4.69) is 9.46 Å². The van der Waals surface area contributed by atoms with Gasteiger partial charge in [0.25, 0.3) is 0 Å². The molecular formula is C12H23NO6S. The van der Waals surface area contributed by atoms with Crippen LogP contribution in [-0.2, 0) is 24.3 Å². The first-order valence-corrected chi connectivity index (χ1v) is 7.99. The summed E-state index contributed by atoms with van der Waals surface area (Å²) in [7, 11) is -2.31. The molecule has 0 aromatic rings. The van der Waals surface area contributed by atoms with E-state index in [1.807, 2.05) is 13.8 Å². The fraction of sp³-hybridized carbons (Fsp3) is 0.833. The average molecular weight is 309 g/mol. The van der Waals surface area contributed by atoms with Gasteiger partial charge in [0.15, 0.2) is 0 Å². The highest BCUT2D eigenvalue weighted by atomic mass is 32.2. The van der Waals surface area contributed by atoms with E-state index in [1.54, 1.807) is 0 Å². The Morgan fingerprint density at radius 1 is 1.20 bits per heavy atom. The smallest absolute Gasteiger partial charge is 0.306 e. The summed E-state index contributed by atoms with van der Waals surface area (Å²) in [5.41, 5.74) is -0.261. The van der Waals surface area contributed by atoms with Gasteiger partial charge in [0.05, 0.1) is 19.3 Å². The average Bonchev–Trinajstić information content (AvgIpc) is 2.33. The molecule has 0 bridgehead atoms. The number of sulfonamides is 1. The predicted molar refractivity (Wildman–Crippen MR) is 73.7 cm³/mol. The van der Waals surface area contributed by atoms with E-state index in [9.17, 15) is 18.0 Å². The summed E-state index contributed by atoms with van der Waals surface area (Å²) in [5, 5.41) is 8.62. The lowest BCUT2D eigenvalue weighted by Crippen LogP contribution is -2.31. The van der Waals surface area contributed by atoms with Gasteiger partial charge in [0, 0.05) is 13.0 Å². The van der Waals surface area contributed by atoms with Crippen molar-refractivity contribution in [1.82, 2.24) is 4.72 Å². The van der Waals surface area contributed by atoms with Gasteiger partial charge in [0.1, 0.15) is 0 Å². The molecule has 0 aliphatic rings. The zero-order valence-electron chi connectivity index (χ0n) is 12.1. The minimum Gasteiger partial charge on any atom is -0.481 e. The fourth-order valence-electron chi connectivity index (χ4n) is 1.51. The summed E-state index contributed by atoms with van der Waals surface area (Å²) < 4.78 is 30.0. The maximum atomic E-state index is 11.6. The maximum absolute atomic E-state index is 11.6. The molecule has 0 aliphatic heterocycles. The lowest BCUT2D eigenvalue weighted by atomic mass is 9.84. The molecule has 7 nitrogen and oxygen atoms in total. The highest BCUT2D eigenvalue weighted by Gasteiger charge is 2.20. The topological polar surface area (TPSA) is 110 Å². The number of rotatable bonds is 10. The summed E-state index contributed by atoms with van der Waals surface area (Å²) in [6, 6.07) is 0. The molecule has 2 N–H and O–H groups in total. The lowest BCUT2D eigenvalue weighted by molar-refractivity contribution is -0.140. The van der Waals surface area contributed by atoms with E-state index in [1.165, 1.54) is 7.11 Å². The first-order valence-electron chi connectivity index (χ1n) is 6.34. The van der Waals surface area contributed by atoms with Crippen LogP contribution in [0.2, 0.25) is 0 Å². The molecule has 0 saturated carbocycles. The molecule has 0 amide bonds. The van der Waals surface area contributed by atoms with Crippen LogP contribution in [0.1, 0.15) is 39.5 Å². The van der Waals surface area contributed by atoms with Crippen molar-refractivity contribution < 1.29 is 27.9 Å². The Morgan fingerprint density at radius 2 is 1.80 bits per heavy atom. The van der Waals surface area contributed by atoms with Crippen molar-refractivity contribution in [3.8, 4) is 0 Å². The minimum atomic E-state index is -3.51. The van der Waals surface area contributed by atoms with Gasteiger partial charge < -0.3 is 9.84 Å². The molecule has 20 heavy (non-hydrogen) atoms. The Balaban J connectivity index is 4.08. The van der Waals surface area contributed by atoms with Gasteiger partial charge in [-0.05, 0) is 18.3 Å². The number of carbonyl (C=O) groups is 2. The molecule has 0 atom stereocenters. The Kier molecular flexibility index (Phi) is 7.74. The number of carboxylic acid groups (broad SMARTS) is 1. The molecule has 0 rings (SSSR count). The van der Waals surface area contributed by atoms with E-state index >= 15 is 0 Å². The Morgan fingerprint density at radius 3 is 2.30 bits per heavy atom. The van der Waals surface area contributed by atoms with Crippen molar-refractivity contribution in [2.45, 2.75) is 39.5 Å². The molecule has 0 radical (unpaired) electrons. The van der Waals surface area contributed by atoms with Crippen molar-refractivity contribution >= 4 is 22.0 Å². The zero-order valence-corrected chi connectivity index (χ0v) is 13.0. The Hall–Kier alpha value is -1.15. The summed E-state index contributed by atoms with van der Waals surface area (Å²) in [4.78, 5) is 21.4. The van der Waals surface area contributed by atoms with Crippen molar-refractivity contribution in [3.63, 3.8) is 0 Å². The predicted octanol–water partition coefficient (Wildman–Crippen LogP) is 0.750. The maximum Gasteiger partial charge on any atom is 0.306 e. The summed E-state index contributed by atoms with van der Waals surface area (Å²) in [6.45, 7) is 3.99. The van der Waals surface area contributed by atoms with Crippen LogP contribution in [0.25, 0.3) is 0 Å². The number of hydrogen-bond donors (Lipinski definition) is 2. The van der Waals surface area contributed by atoms with Crippen LogP contribution >= 0.6 is 0 Å². The van der Waals surface area contributed by atoms with Crippen molar-refractivity contribution in [2.75, 3.05) is 19.4 Å². The lowest BCUT2D eigenvalue weighted by Gasteiger charge is -2.23. The molecule has 0 fully saturated rings. The third-order valence-corrected chi connectivity index (χ3v) is 4.33. The van der Waals surface area contributed by atoms with Gasteiger partial charge in [-0.25, -0.2) is 13.1 Å². The molecule has 8 heteroatoms. The van der Waals surface area contributed by atoms with Gasteiger partial charge in [-0.1, -0.05) is 13.8 Å². The standard InChI is InChI=1S/C12H23NO6S/c1-12(2,6-4-10(14)15)7-8-13-20(17,18)9-5-11(16)19-3/h13H,4-9H2,1-3H3,(H,14,15). The molecule has 0 aromatic heterocycles. The van der Waals surface area contributed by atoms with Gasteiger partial charge >= 0.3 is 11.9 Å². The van der Waals surface area contributed by atoms with Crippen LogP contribution in [0.15, 0.2) is 0 Å². The van der Waals surface area contributed by atoms with Gasteiger partial charge in [-0.2, -0.15) is 0 Å². The fourth-order valence-corrected chi connectivity index (χ4v) is 2.50. The van der Waals surface area contributed by atoms with Gasteiger partial charge in [-0.3, -0.25) is 9.59 Å². The third-order valence-electron chi connectivity index (χ3n) is 2.94. The largest absolute Gasteiger partial charge is 0.481 e. The number of nitrogens with one attached hydrogen (secondary N) is 1. The summed E-state index contributed by atoms with van der Waals surface area (Å²) in [5.74, 6) is -1.75. The van der Waals surface area contributed by atoms with Gasteiger partial charge in [-0.15, -0.1) is 0 Å². The number of carboxylic acids is 1. The summed E-state index contributed by atoms with van der Waals surface area (Å²) >= 11 is 0. The first-order chi connectivity index (χ1) is 9.08. The van der Waals surface area contributed by atoms with Crippen molar-refractivity contribution in [2.24, 2.45) is 5.41 Å². The highest BCUT2D eigenvalue weighted by molar-refractivity contribution is 7.89. The van der Waals surface area contributed by atoms with Crippen molar-refractivity contribution in [1.29, 1.82) is 0 Å². The number of esters is 1. The van der Waals surface area contributed by atoms with E-state index in [-0.39, 0.29) is 30.6 Å². The van der Waals surface area contributed by atoms with E-state index < -0.39 is 22.0 Å². The van der Waals surface area contributed by atoms with Crippen LogP contribution in [0.3, 0.4) is 0 Å². The molecule has 0 unspecified atom stereocenters. The normalized spacial score (nSPS) is 12.2. The highest BCUT2D eigenvalue weighted by Crippen LogP contribution is 2.26. The van der Waals surface area contributed by atoms with Crippen LogP contribution < -0.4 is 4.72 Å². The second kappa shape index (κ2) is 8.21. The van der Waals surface area contributed by atoms with Crippen LogP contribution in [0.5, 0.6) is 0 Å². The first kappa shape index (κ1) is 18.9. The monoisotopic (exact) mass is 309 g/mol. The van der Waals surface area contributed by atoms with Crippen LogP contribution in [0.4, 0.5) is 0 Å². The van der Waals surface area contributed by atoms with E-state index in [0.29, 0.717) is 12.8 Å². The molecule has 0 saturated heterocycles. The van der Waals surface area contributed by atoms with E-state index in [0.717, 1.165) is 0 Å². The second-order valence-corrected chi connectivity index (χ2v) is 7.27.